The molecule has 0 bridgehead atoms. The summed E-state index contributed by atoms with van der Waals surface area (Å²) in [7, 11) is 0. The highest BCUT2D eigenvalue weighted by Crippen LogP contribution is 2.30. The van der Waals surface area contributed by atoms with Crippen molar-refractivity contribution in [1.29, 1.82) is 0 Å². The zero-order valence-electron chi connectivity index (χ0n) is 16.1. The van der Waals surface area contributed by atoms with Crippen LogP contribution in [0.4, 0.5) is 0 Å². The average molecular weight is 409 g/mol. The maximum atomic E-state index is 13.0. The Morgan fingerprint density at radius 3 is 2.79 bits per heavy atom. The van der Waals surface area contributed by atoms with E-state index in [1.54, 1.807) is 15.3 Å². The van der Waals surface area contributed by atoms with Crippen LogP contribution in [0.15, 0.2) is 47.5 Å². The van der Waals surface area contributed by atoms with Gasteiger partial charge in [-0.1, -0.05) is 30.7 Å². The highest BCUT2D eigenvalue weighted by molar-refractivity contribution is 6.30. The molecule has 0 amide bonds. The molecule has 1 aliphatic rings. The molecule has 0 N–H and O–H groups in total. The van der Waals surface area contributed by atoms with Crippen LogP contribution in [0, 0.1) is 0 Å². The molecule has 3 aromatic heterocycles. The van der Waals surface area contributed by atoms with Crippen LogP contribution in [0.5, 0.6) is 0 Å². The van der Waals surface area contributed by atoms with Gasteiger partial charge < -0.3 is 9.30 Å². The molecule has 29 heavy (non-hydrogen) atoms. The van der Waals surface area contributed by atoms with E-state index in [9.17, 15) is 4.79 Å². The van der Waals surface area contributed by atoms with Crippen LogP contribution >= 0.6 is 11.6 Å². The third-order valence-electron chi connectivity index (χ3n) is 5.55. The molecule has 148 valence electrons. The lowest BCUT2D eigenvalue weighted by molar-refractivity contribution is 0.0963. The third kappa shape index (κ3) is 3.12. The third-order valence-corrected chi connectivity index (χ3v) is 5.80. The van der Waals surface area contributed by atoms with Crippen molar-refractivity contribution in [1.82, 2.24) is 19.2 Å². The molecule has 7 heteroatoms. The molecule has 4 aromatic rings. The molecule has 1 aromatic carbocycles. The largest absolute Gasteiger partial charge is 0.376 e. The summed E-state index contributed by atoms with van der Waals surface area (Å²) in [4.78, 5) is 17.7. The predicted octanol–water partition coefficient (Wildman–Crippen LogP) is 4.11. The quantitative estimate of drug-likeness (QED) is 0.510. The molecule has 1 fully saturated rings. The molecule has 4 heterocycles. The van der Waals surface area contributed by atoms with E-state index < -0.39 is 0 Å². The van der Waals surface area contributed by atoms with Gasteiger partial charge in [0.25, 0.3) is 5.56 Å². The number of benzene rings is 1. The summed E-state index contributed by atoms with van der Waals surface area (Å²) in [6.45, 7) is 3.41. The molecule has 0 radical (unpaired) electrons. The first-order valence-corrected chi connectivity index (χ1v) is 10.3. The molecule has 0 unspecified atom stereocenters. The lowest BCUT2D eigenvalue weighted by Gasteiger charge is -2.12. The fourth-order valence-corrected chi connectivity index (χ4v) is 4.19. The summed E-state index contributed by atoms with van der Waals surface area (Å²) in [5, 5.41) is 6.03. The van der Waals surface area contributed by atoms with Crippen molar-refractivity contribution in [2.45, 2.75) is 38.8 Å². The number of pyridine rings is 1. The summed E-state index contributed by atoms with van der Waals surface area (Å²) in [6, 6.07) is 9.63. The minimum absolute atomic E-state index is 0.0611. The van der Waals surface area contributed by atoms with Crippen molar-refractivity contribution in [3.05, 3.63) is 63.8 Å². The molecule has 0 aliphatic carbocycles. The van der Waals surface area contributed by atoms with Gasteiger partial charge in [0.05, 0.1) is 29.2 Å². The second kappa shape index (κ2) is 7.28. The fraction of sp³-hybridized carbons (Fsp3) is 0.318. The molecule has 0 spiro atoms. The van der Waals surface area contributed by atoms with Crippen molar-refractivity contribution < 1.29 is 4.74 Å². The highest BCUT2D eigenvalue weighted by atomic mass is 35.5. The van der Waals surface area contributed by atoms with E-state index in [1.807, 2.05) is 36.5 Å². The summed E-state index contributed by atoms with van der Waals surface area (Å²) in [5.74, 6) is 0. The summed E-state index contributed by atoms with van der Waals surface area (Å²) in [5.41, 5.74) is 4.38. The fourth-order valence-electron chi connectivity index (χ4n) is 4.07. The second-order valence-corrected chi connectivity index (χ2v) is 7.82. The van der Waals surface area contributed by atoms with Gasteiger partial charge in [-0.05, 0) is 43.0 Å². The van der Waals surface area contributed by atoms with Crippen molar-refractivity contribution >= 4 is 28.2 Å². The maximum absolute atomic E-state index is 13.0. The van der Waals surface area contributed by atoms with Crippen LogP contribution in [-0.4, -0.2) is 31.9 Å². The van der Waals surface area contributed by atoms with E-state index in [1.165, 1.54) is 0 Å². The van der Waals surface area contributed by atoms with E-state index in [0.717, 1.165) is 53.9 Å². The summed E-state index contributed by atoms with van der Waals surface area (Å²) in [6.07, 6.45) is 6.41. The number of aryl methyl sites for hydroxylation is 1. The number of nitrogens with zero attached hydrogens (tertiary/aromatic N) is 4. The SMILES string of the molecule is CCc1nn2c(ncc3c(=O)n(C[C@H]4CCCO4)ccc32)c1-c1ccc(Cl)cc1. The number of ether oxygens (including phenoxy) is 1. The monoisotopic (exact) mass is 408 g/mol. The lowest BCUT2D eigenvalue weighted by atomic mass is 10.0. The Bertz CT molecular complexity index is 1250. The highest BCUT2D eigenvalue weighted by Gasteiger charge is 2.20. The van der Waals surface area contributed by atoms with Gasteiger partial charge in [-0.25, -0.2) is 9.50 Å². The minimum Gasteiger partial charge on any atom is -0.376 e. The van der Waals surface area contributed by atoms with Gasteiger partial charge >= 0.3 is 0 Å². The van der Waals surface area contributed by atoms with E-state index in [4.69, 9.17) is 21.4 Å². The Hall–Kier alpha value is -2.70. The molecule has 0 saturated carbocycles. The normalized spacial score (nSPS) is 16.8. The number of rotatable bonds is 4. The first-order chi connectivity index (χ1) is 14.2. The molecule has 1 saturated heterocycles. The van der Waals surface area contributed by atoms with Gasteiger partial charge in [0.1, 0.15) is 0 Å². The van der Waals surface area contributed by atoms with Crippen LogP contribution in [0.25, 0.3) is 27.7 Å². The molecular weight excluding hydrogens is 388 g/mol. The van der Waals surface area contributed by atoms with Crippen LogP contribution < -0.4 is 5.56 Å². The first kappa shape index (κ1) is 18.3. The van der Waals surface area contributed by atoms with Gasteiger partial charge in [0.15, 0.2) is 5.65 Å². The number of hydrogen-bond acceptors (Lipinski definition) is 4. The molecule has 6 nitrogen and oxygen atoms in total. The van der Waals surface area contributed by atoms with Gasteiger partial charge in [0, 0.05) is 29.6 Å². The van der Waals surface area contributed by atoms with Crippen molar-refractivity contribution in [2.75, 3.05) is 6.61 Å². The van der Waals surface area contributed by atoms with Gasteiger partial charge in [-0.15, -0.1) is 0 Å². The Morgan fingerprint density at radius 2 is 2.07 bits per heavy atom. The predicted molar refractivity (Wildman–Crippen MR) is 114 cm³/mol. The van der Waals surface area contributed by atoms with E-state index >= 15 is 0 Å². The number of halogens is 1. The Balaban J connectivity index is 1.68. The molecular formula is C22H21ClN4O2. The Kier molecular flexibility index (Phi) is 4.60. The second-order valence-electron chi connectivity index (χ2n) is 7.38. The molecule has 5 rings (SSSR count). The van der Waals surface area contributed by atoms with Crippen LogP contribution in [0.2, 0.25) is 5.02 Å². The van der Waals surface area contributed by atoms with Crippen LogP contribution in [0.3, 0.4) is 0 Å². The lowest BCUT2D eigenvalue weighted by Crippen LogP contribution is -2.26. The van der Waals surface area contributed by atoms with Crippen molar-refractivity contribution in [3.8, 4) is 11.1 Å². The van der Waals surface area contributed by atoms with Gasteiger partial charge in [-0.2, -0.15) is 5.10 Å². The number of fused-ring (bicyclic) bond motifs is 3. The van der Waals surface area contributed by atoms with Crippen molar-refractivity contribution in [3.63, 3.8) is 0 Å². The zero-order valence-corrected chi connectivity index (χ0v) is 16.9. The Morgan fingerprint density at radius 1 is 1.24 bits per heavy atom. The molecule has 1 atom stereocenters. The summed E-state index contributed by atoms with van der Waals surface area (Å²) < 4.78 is 9.19. The zero-order chi connectivity index (χ0) is 20.0. The first-order valence-electron chi connectivity index (χ1n) is 9.93. The topological polar surface area (TPSA) is 61.4 Å². The number of hydrogen-bond donors (Lipinski definition) is 0. The van der Waals surface area contributed by atoms with Crippen molar-refractivity contribution in [2.24, 2.45) is 0 Å². The van der Waals surface area contributed by atoms with Gasteiger partial charge in [-0.3, -0.25) is 4.79 Å². The van der Waals surface area contributed by atoms with Crippen LogP contribution in [-0.2, 0) is 17.7 Å². The average Bonchev–Trinajstić information content (AvgIpc) is 3.38. The number of aromatic nitrogens is 4. The van der Waals surface area contributed by atoms with E-state index in [2.05, 4.69) is 11.9 Å². The minimum atomic E-state index is -0.0611. The molecule has 1 aliphatic heterocycles. The maximum Gasteiger partial charge on any atom is 0.261 e. The summed E-state index contributed by atoms with van der Waals surface area (Å²) >= 11 is 6.05. The standard InChI is InChI=1S/C22H21ClN4O2/c1-2-18-20(14-5-7-15(23)8-6-14)21-24-12-17-19(27(21)25-18)9-10-26(22(17)28)13-16-4-3-11-29-16/h5-10,12,16H,2-4,11,13H2,1H3/t16-/m1/s1. The van der Waals surface area contributed by atoms with Crippen LogP contribution in [0.1, 0.15) is 25.5 Å². The smallest absolute Gasteiger partial charge is 0.261 e. The Labute approximate surface area is 172 Å². The van der Waals surface area contributed by atoms with E-state index in [-0.39, 0.29) is 11.7 Å². The van der Waals surface area contributed by atoms with Gasteiger partial charge in [0.2, 0.25) is 0 Å². The van der Waals surface area contributed by atoms with E-state index in [0.29, 0.717) is 17.0 Å².